The predicted molar refractivity (Wildman–Crippen MR) is 81.2 cm³/mol. The number of carbonyl (C=O) groups is 2. The maximum absolute atomic E-state index is 12.5. The van der Waals surface area contributed by atoms with Crippen molar-refractivity contribution in [1.29, 1.82) is 0 Å². The van der Waals surface area contributed by atoms with E-state index in [1.807, 2.05) is 0 Å². The molecule has 0 bridgehead atoms. The molecule has 5 nitrogen and oxygen atoms in total. The molecule has 2 rings (SSSR count). The molecule has 1 aliphatic rings. The van der Waals surface area contributed by atoms with Crippen LogP contribution in [-0.4, -0.2) is 23.5 Å². The first-order valence-electron chi connectivity index (χ1n) is 7.52. The van der Waals surface area contributed by atoms with Crippen molar-refractivity contribution in [3.63, 3.8) is 0 Å². The summed E-state index contributed by atoms with van der Waals surface area (Å²) in [4.78, 5) is 27.5. The zero-order chi connectivity index (χ0) is 15.6. The molecule has 2 N–H and O–H groups in total. The number of hydrogen-bond donors (Lipinski definition) is 2. The molecule has 0 radical (unpaired) electrons. The van der Waals surface area contributed by atoms with Crippen molar-refractivity contribution < 1.29 is 14.3 Å². The van der Waals surface area contributed by atoms with E-state index >= 15 is 0 Å². The lowest BCUT2D eigenvalue weighted by Crippen LogP contribution is -2.31. The van der Waals surface area contributed by atoms with Crippen LogP contribution in [0.2, 0.25) is 0 Å². The number of amides is 1. The van der Waals surface area contributed by atoms with Gasteiger partial charge in [-0.25, -0.2) is 4.79 Å². The van der Waals surface area contributed by atoms with E-state index in [1.165, 1.54) is 0 Å². The number of aryl methyl sites for hydroxylation is 1. The molecule has 21 heavy (non-hydrogen) atoms. The molecule has 116 valence electrons. The molecule has 1 aromatic rings. The van der Waals surface area contributed by atoms with Crippen LogP contribution in [-0.2, 0) is 9.53 Å². The van der Waals surface area contributed by atoms with Gasteiger partial charge in [-0.15, -0.1) is 0 Å². The molecule has 1 fully saturated rings. The van der Waals surface area contributed by atoms with E-state index in [-0.39, 0.29) is 17.2 Å². The van der Waals surface area contributed by atoms with Gasteiger partial charge in [0.1, 0.15) is 5.56 Å². The van der Waals surface area contributed by atoms with Gasteiger partial charge in [0.2, 0.25) is 5.91 Å². The fraction of sp³-hybridized carbons (Fsp3) is 0.625. The van der Waals surface area contributed by atoms with Gasteiger partial charge >= 0.3 is 5.97 Å². The molecular formula is C16H24N2O3. The Labute approximate surface area is 125 Å². The van der Waals surface area contributed by atoms with Gasteiger partial charge in [-0.2, -0.15) is 0 Å². The topological polar surface area (TPSA) is 71.2 Å². The van der Waals surface area contributed by atoms with E-state index < -0.39 is 5.97 Å². The number of hydrogen-bond acceptors (Lipinski definition) is 3. The van der Waals surface area contributed by atoms with Crippen LogP contribution >= 0.6 is 0 Å². The molecule has 1 unspecified atom stereocenters. The average Bonchev–Trinajstić information content (AvgIpc) is 2.92. The van der Waals surface area contributed by atoms with Crippen molar-refractivity contribution in [2.75, 3.05) is 11.9 Å². The molecule has 0 saturated heterocycles. The van der Waals surface area contributed by atoms with Crippen molar-refractivity contribution in [2.45, 2.75) is 47.0 Å². The molecular weight excluding hydrogens is 268 g/mol. The summed E-state index contributed by atoms with van der Waals surface area (Å²) >= 11 is 0. The van der Waals surface area contributed by atoms with Crippen molar-refractivity contribution in [3.05, 3.63) is 17.5 Å². The Hall–Kier alpha value is -1.78. The van der Waals surface area contributed by atoms with Gasteiger partial charge in [0.25, 0.3) is 0 Å². The van der Waals surface area contributed by atoms with E-state index in [1.54, 1.807) is 20.0 Å². The highest BCUT2D eigenvalue weighted by Crippen LogP contribution is 2.43. The zero-order valence-corrected chi connectivity index (χ0v) is 13.2. The number of esters is 1. The molecule has 5 heteroatoms. The second kappa shape index (κ2) is 5.92. The highest BCUT2D eigenvalue weighted by Gasteiger charge is 2.39. The number of ether oxygens (including phenoxy) is 1. The summed E-state index contributed by atoms with van der Waals surface area (Å²) in [5.74, 6) is -0.429. The summed E-state index contributed by atoms with van der Waals surface area (Å²) in [6, 6.07) is 0. The molecule has 1 saturated carbocycles. The fourth-order valence-corrected chi connectivity index (χ4v) is 3.12. The van der Waals surface area contributed by atoms with E-state index in [0.29, 0.717) is 23.6 Å². The van der Waals surface area contributed by atoms with Crippen LogP contribution in [0.25, 0.3) is 0 Å². The molecule has 1 atom stereocenters. The predicted octanol–water partition coefficient (Wildman–Crippen LogP) is 3.26. The summed E-state index contributed by atoms with van der Waals surface area (Å²) in [5.41, 5.74) is 1.65. The SMILES string of the molecule is CCOC(=O)c1c(NC(=O)C2CCCC2(C)C)c[nH]c1C. The molecule has 1 heterocycles. The molecule has 1 amide bonds. The maximum Gasteiger partial charge on any atom is 0.342 e. The zero-order valence-electron chi connectivity index (χ0n) is 13.2. The summed E-state index contributed by atoms with van der Waals surface area (Å²) in [5, 5.41) is 2.90. The Morgan fingerprint density at radius 3 is 2.76 bits per heavy atom. The lowest BCUT2D eigenvalue weighted by atomic mass is 9.81. The van der Waals surface area contributed by atoms with Crippen LogP contribution in [0, 0.1) is 18.3 Å². The lowest BCUT2D eigenvalue weighted by Gasteiger charge is -2.25. The minimum atomic E-state index is -0.405. The van der Waals surface area contributed by atoms with E-state index in [4.69, 9.17) is 4.74 Å². The summed E-state index contributed by atoms with van der Waals surface area (Å²) in [6.07, 6.45) is 4.68. The standard InChI is InChI=1S/C16H24N2O3/c1-5-21-15(20)13-10(2)17-9-12(13)18-14(19)11-7-6-8-16(11,3)4/h9,11,17H,5-8H2,1-4H3,(H,18,19). The molecule has 1 aliphatic carbocycles. The van der Waals surface area contributed by atoms with Crippen LogP contribution in [0.15, 0.2) is 6.20 Å². The minimum absolute atomic E-state index is 0.0113. The van der Waals surface area contributed by atoms with Crippen molar-refractivity contribution in [1.82, 2.24) is 4.98 Å². The maximum atomic E-state index is 12.5. The van der Waals surface area contributed by atoms with Crippen LogP contribution < -0.4 is 5.32 Å². The first-order valence-corrected chi connectivity index (χ1v) is 7.52. The smallest absolute Gasteiger partial charge is 0.342 e. The highest BCUT2D eigenvalue weighted by molar-refractivity contribution is 6.03. The first kappa shape index (κ1) is 15.6. The summed E-state index contributed by atoms with van der Waals surface area (Å²) < 4.78 is 5.05. The number of rotatable bonds is 4. The normalized spacial score (nSPS) is 20.3. The van der Waals surface area contributed by atoms with Crippen LogP contribution in [0.1, 0.15) is 56.1 Å². The molecule has 0 aromatic carbocycles. The Morgan fingerprint density at radius 1 is 1.48 bits per heavy atom. The first-order chi connectivity index (χ1) is 9.86. The monoisotopic (exact) mass is 292 g/mol. The van der Waals surface area contributed by atoms with Crippen LogP contribution in [0.4, 0.5) is 5.69 Å². The number of carbonyl (C=O) groups excluding carboxylic acids is 2. The summed E-state index contributed by atoms with van der Waals surface area (Å²) in [6.45, 7) is 8.12. The Bertz CT molecular complexity index is 546. The quantitative estimate of drug-likeness (QED) is 0.837. The molecule has 1 aromatic heterocycles. The number of anilines is 1. The number of H-pyrrole nitrogens is 1. The second-order valence-corrected chi connectivity index (χ2v) is 6.35. The van der Waals surface area contributed by atoms with Crippen molar-refractivity contribution >= 4 is 17.6 Å². The van der Waals surface area contributed by atoms with E-state index in [0.717, 1.165) is 19.3 Å². The third-order valence-corrected chi connectivity index (χ3v) is 4.39. The average molecular weight is 292 g/mol. The molecule has 0 aliphatic heterocycles. The van der Waals surface area contributed by atoms with Gasteiger partial charge in [0.05, 0.1) is 12.3 Å². The second-order valence-electron chi connectivity index (χ2n) is 6.35. The van der Waals surface area contributed by atoms with Gasteiger partial charge in [-0.3, -0.25) is 4.79 Å². The van der Waals surface area contributed by atoms with Gasteiger partial charge in [-0.05, 0) is 32.1 Å². The third-order valence-electron chi connectivity index (χ3n) is 4.39. The van der Waals surface area contributed by atoms with Crippen molar-refractivity contribution in [2.24, 2.45) is 11.3 Å². The van der Waals surface area contributed by atoms with E-state index in [9.17, 15) is 9.59 Å². The number of aromatic amines is 1. The van der Waals surface area contributed by atoms with Gasteiger partial charge < -0.3 is 15.0 Å². The lowest BCUT2D eigenvalue weighted by molar-refractivity contribution is -0.122. The van der Waals surface area contributed by atoms with Crippen LogP contribution in [0.3, 0.4) is 0 Å². The fourth-order valence-electron chi connectivity index (χ4n) is 3.12. The Morgan fingerprint density at radius 2 is 2.19 bits per heavy atom. The number of nitrogens with one attached hydrogen (secondary N) is 2. The highest BCUT2D eigenvalue weighted by atomic mass is 16.5. The number of aromatic nitrogens is 1. The Balaban J connectivity index is 2.17. The Kier molecular flexibility index (Phi) is 4.40. The summed E-state index contributed by atoms with van der Waals surface area (Å²) in [7, 11) is 0. The van der Waals surface area contributed by atoms with Gasteiger partial charge in [-0.1, -0.05) is 20.3 Å². The molecule has 0 spiro atoms. The van der Waals surface area contributed by atoms with Crippen molar-refractivity contribution in [3.8, 4) is 0 Å². The third kappa shape index (κ3) is 3.12. The van der Waals surface area contributed by atoms with Gasteiger partial charge in [0, 0.05) is 17.8 Å². The largest absolute Gasteiger partial charge is 0.462 e. The van der Waals surface area contributed by atoms with E-state index in [2.05, 4.69) is 24.1 Å². The minimum Gasteiger partial charge on any atom is -0.462 e. The van der Waals surface area contributed by atoms with Crippen LogP contribution in [0.5, 0.6) is 0 Å². The van der Waals surface area contributed by atoms with Gasteiger partial charge in [0.15, 0.2) is 0 Å².